The fourth-order valence-electron chi connectivity index (χ4n) is 7.45. The van der Waals surface area contributed by atoms with E-state index in [0.717, 1.165) is 13.0 Å². The van der Waals surface area contributed by atoms with Gasteiger partial charge in [-0.25, -0.2) is 0 Å². The van der Waals surface area contributed by atoms with Crippen LogP contribution in [0, 0.1) is 0 Å². The van der Waals surface area contributed by atoms with Crippen molar-refractivity contribution >= 4 is 0 Å². The van der Waals surface area contributed by atoms with Crippen LogP contribution in [0.4, 0.5) is 0 Å². The van der Waals surface area contributed by atoms with Crippen molar-refractivity contribution < 1.29 is 0 Å². The van der Waals surface area contributed by atoms with Crippen LogP contribution >= 0.6 is 0 Å². The van der Waals surface area contributed by atoms with E-state index >= 15 is 0 Å². The molecule has 0 radical (unpaired) electrons. The Bertz CT molecular complexity index is 993. The Morgan fingerprint density at radius 2 is 1.18 bits per heavy atom. The van der Waals surface area contributed by atoms with Crippen molar-refractivity contribution in [1.29, 1.82) is 0 Å². The minimum atomic E-state index is 0.329. The fraction of sp³-hybridized carbons (Fsp3) is 0.438. The van der Waals surface area contributed by atoms with Crippen molar-refractivity contribution in [2.24, 2.45) is 0 Å². The summed E-state index contributed by atoms with van der Waals surface area (Å²) in [6.45, 7) is 4.95. The molecule has 0 amide bonds. The Morgan fingerprint density at radius 3 is 1.74 bits per heavy atom. The average Bonchev–Trinajstić information content (AvgIpc) is 3.36. The van der Waals surface area contributed by atoms with E-state index in [-0.39, 0.29) is 0 Å². The first-order valence-electron chi connectivity index (χ1n) is 13.5. The lowest BCUT2D eigenvalue weighted by molar-refractivity contribution is 0.0469. The zero-order chi connectivity index (χ0) is 22.8. The molecule has 1 saturated carbocycles. The highest BCUT2D eigenvalue weighted by molar-refractivity contribution is 5.32. The minimum Gasteiger partial charge on any atom is -0.299 e. The Morgan fingerprint density at radius 1 is 0.647 bits per heavy atom. The standard InChI is InChI=1S/C32H38N2/c1-4-12-26(13-5-1)18-22-33-23-19-32(34-20-10-11-21-34)24-29(27-14-6-2-7-15-27)31(33)30(25-32)28-16-8-3-9-17-28/h1-9,12-17,29-31H,10-11,18-25H2. The SMILES string of the molecule is c1ccc(CCN2CCC3(N4CCCC4)CC(c4ccccc4)C2C(c2ccccc2)C3)cc1. The van der Waals surface area contributed by atoms with Crippen LogP contribution in [-0.2, 0) is 6.42 Å². The van der Waals surface area contributed by atoms with Crippen LogP contribution in [0.15, 0.2) is 91.0 Å². The van der Waals surface area contributed by atoms with Gasteiger partial charge in [-0.15, -0.1) is 0 Å². The molecule has 0 spiro atoms. The third kappa shape index (κ3) is 4.23. The Labute approximate surface area is 205 Å². The molecule has 0 aromatic heterocycles. The van der Waals surface area contributed by atoms with Gasteiger partial charge >= 0.3 is 0 Å². The van der Waals surface area contributed by atoms with Gasteiger partial charge in [0, 0.05) is 36.5 Å². The smallest absolute Gasteiger partial charge is 0.0234 e. The lowest BCUT2D eigenvalue weighted by Gasteiger charge is -2.52. The van der Waals surface area contributed by atoms with E-state index in [4.69, 9.17) is 0 Å². The number of hydrogen-bond donors (Lipinski definition) is 0. The maximum atomic E-state index is 2.91. The lowest BCUT2D eigenvalue weighted by atomic mass is 9.63. The molecule has 3 heterocycles. The molecule has 0 N–H and O–H groups in total. The summed E-state index contributed by atoms with van der Waals surface area (Å²) in [5.74, 6) is 1.16. The number of hydrogen-bond acceptors (Lipinski definition) is 2. The van der Waals surface area contributed by atoms with Crippen LogP contribution in [-0.4, -0.2) is 47.6 Å². The first kappa shape index (κ1) is 22.1. The van der Waals surface area contributed by atoms with Crippen molar-refractivity contribution in [1.82, 2.24) is 9.80 Å². The van der Waals surface area contributed by atoms with Gasteiger partial charge in [0.25, 0.3) is 0 Å². The topological polar surface area (TPSA) is 6.48 Å². The molecular weight excluding hydrogens is 412 g/mol. The quantitative estimate of drug-likeness (QED) is 0.423. The molecule has 7 rings (SSSR count). The molecule has 3 aliphatic heterocycles. The molecule has 2 unspecified atom stereocenters. The molecule has 2 nitrogen and oxygen atoms in total. The maximum Gasteiger partial charge on any atom is 0.0234 e. The van der Waals surface area contributed by atoms with E-state index in [1.165, 1.54) is 57.3 Å². The van der Waals surface area contributed by atoms with E-state index in [1.807, 2.05) is 0 Å². The summed E-state index contributed by atoms with van der Waals surface area (Å²) in [5.41, 5.74) is 4.88. The van der Waals surface area contributed by atoms with Crippen LogP contribution in [0.3, 0.4) is 0 Å². The van der Waals surface area contributed by atoms with E-state index < -0.39 is 0 Å². The number of rotatable bonds is 6. The van der Waals surface area contributed by atoms with Gasteiger partial charge in [0.1, 0.15) is 0 Å². The second-order valence-corrected chi connectivity index (χ2v) is 10.9. The van der Waals surface area contributed by atoms with Gasteiger partial charge < -0.3 is 0 Å². The van der Waals surface area contributed by atoms with Crippen molar-refractivity contribution in [3.05, 3.63) is 108 Å². The molecule has 2 bridgehead atoms. The van der Waals surface area contributed by atoms with Gasteiger partial charge in [-0.3, -0.25) is 9.80 Å². The molecule has 2 heteroatoms. The Kier molecular flexibility index (Phi) is 6.28. The number of benzene rings is 3. The highest BCUT2D eigenvalue weighted by atomic mass is 15.3. The van der Waals surface area contributed by atoms with Crippen LogP contribution in [0.1, 0.15) is 60.6 Å². The minimum absolute atomic E-state index is 0.329. The summed E-state index contributed by atoms with van der Waals surface area (Å²) in [4.78, 5) is 5.81. The highest BCUT2D eigenvalue weighted by Crippen LogP contribution is 2.54. The van der Waals surface area contributed by atoms with Gasteiger partial charge in [-0.2, -0.15) is 0 Å². The van der Waals surface area contributed by atoms with Gasteiger partial charge in [-0.05, 0) is 68.3 Å². The Hall–Kier alpha value is -2.42. The van der Waals surface area contributed by atoms with E-state index in [9.17, 15) is 0 Å². The molecule has 2 atom stereocenters. The summed E-state index contributed by atoms with van der Waals surface area (Å²) >= 11 is 0. The van der Waals surface area contributed by atoms with Crippen molar-refractivity contribution in [3.63, 3.8) is 0 Å². The van der Waals surface area contributed by atoms with E-state index in [1.54, 1.807) is 11.1 Å². The molecule has 3 saturated heterocycles. The van der Waals surface area contributed by atoms with Gasteiger partial charge in [-0.1, -0.05) is 91.0 Å². The summed E-state index contributed by atoms with van der Waals surface area (Å²) in [7, 11) is 0. The van der Waals surface area contributed by atoms with Crippen LogP contribution in [0.2, 0.25) is 0 Å². The molecule has 4 fully saturated rings. The van der Waals surface area contributed by atoms with E-state index in [2.05, 4.69) is 101 Å². The zero-order valence-electron chi connectivity index (χ0n) is 20.4. The third-order valence-corrected chi connectivity index (χ3v) is 9.07. The maximum absolute atomic E-state index is 2.91. The highest BCUT2D eigenvalue weighted by Gasteiger charge is 2.54. The fourth-order valence-corrected chi connectivity index (χ4v) is 7.45. The average molecular weight is 451 g/mol. The lowest BCUT2D eigenvalue weighted by Crippen LogP contribution is -2.54. The largest absolute Gasteiger partial charge is 0.299 e. The summed E-state index contributed by atoms with van der Waals surface area (Å²) in [6.07, 6.45) is 7.81. The van der Waals surface area contributed by atoms with E-state index in [0.29, 0.717) is 23.4 Å². The van der Waals surface area contributed by atoms with Gasteiger partial charge in [0.15, 0.2) is 0 Å². The molecular formula is C32H38N2. The summed E-state index contributed by atoms with van der Waals surface area (Å²) in [5, 5.41) is 0. The second kappa shape index (κ2) is 9.68. The molecule has 3 aromatic rings. The predicted molar refractivity (Wildman–Crippen MR) is 141 cm³/mol. The summed E-state index contributed by atoms with van der Waals surface area (Å²) < 4.78 is 0. The monoisotopic (exact) mass is 450 g/mol. The van der Waals surface area contributed by atoms with Crippen LogP contribution in [0.5, 0.6) is 0 Å². The Balaban J connectivity index is 1.42. The number of nitrogens with zero attached hydrogens (tertiary/aromatic N) is 2. The predicted octanol–water partition coefficient (Wildman–Crippen LogP) is 6.50. The first-order valence-corrected chi connectivity index (χ1v) is 13.5. The van der Waals surface area contributed by atoms with Crippen LogP contribution < -0.4 is 0 Å². The van der Waals surface area contributed by atoms with Gasteiger partial charge in [0.05, 0.1) is 0 Å². The van der Waals surface area contributed by atoms with Crippen molar-refractivity contribution in [2.75, 3.05) is 26.2 Å². The summed E-state index contributed by atoms with van der Waals surface area (Å²) in [6, 6.07) is 34.6. The number of likely N-dealkylation sites (tertiary alicyclic amines) is 1. The van der Waals surface area contributed by atoms with Gasteiger partial charge in [0.2, 0.25) is 0 Å². The normalized spacial score (nSPS) is 29.8. The third-order valence-electron chi connectivity index (χ3n) is 9.07. The molecule has 1 aliphatic carbocycles. The van der Waals surface area contributed by atoms with Crippen molar-refractivity contribution in [2.45, 2.75) is 61.9 Å². The first-order chi connectivity index (χ1) is 16.8. The van der Waals surface area contributed by atoms with Crippen molar-refractivity contribution in [3.8, 4) is 0 Å². The van der Waals surface area contributed by atoms with Crippen LogP contribution in [0.25, 0.3) is 0 Å². The molecule has 34 heavy (non-hydrogen) atoms. The molecule has 3 aromatic carbocycles. The molecule has 4 aliphatic rings. The zero-order valence-corrected chi connectivity index (χ0v) is 20.4. The number of fused-ring (bicyclic) bond motifs is 4. The second-order valence-electron chi connectivity index (χ2n) is 10.9. The molecule has 176 valence electrons.